The number of ether oxygens (including phenoxy) is 2. The fourth-order valence-corrected chi connectivity index (χ4v) is 3.05. The number of rotatable bonds is 6. The third kappa shape index (κ3) is 4.35. The van der Waals surface area contributed by atoms with Gasteiger partial charge in [0, 0.05) is 18.7 Å². The van der Waals surface area contributed by atoms with Gasteiger partial charge in [0.15, 0.2) is 0 Å². The average Bonchev–Trinajstić information content (AvgIpc) is 2.52. The Bertz CT molecular complexity index is 450. The predicted octanol–water partition coefficient (Wildman–Crippen LogP) is 2.86. The lowest BCUT2D eigenvalue weighted by Crippen LogP contribution is -2.35. The summed E-state index contributed by atoms with van der Waals surface area (Å²) in [5, 5.41) is 10.5. The first-order chi connectivity index (χ1) is 10.1. The van der Waals surface area contributed by atoms with Crippen molar-refractivity contribution in [2.45, 2.75) is 32.3 Å². The molecule has 21 heavy (non-hydrogen) atoms. The third-order valence-corrected chi connectivity index (χ3v) is 4.26. The van der Waals surface area contributed by atoms with Gasteiger partial charge in [-0.15, -0.1) is 0 Å². The Balaban J connectivity index is 1.97. The standard InChI is InChI=1S/C17H27NO3/c1-13-5-4-9-18(12-13)10-8-16(19)15-11-14(20-2)6-7-17(15)21-3/h6-7,11,13,16,19H,4-5,8-10,12H2,1-3H3. The number of aliphatic hydroxyl groups excluding tert-OH is 1. The molecule has 4 nitrogen and oxygen atoms in total. The van der Waals surface area contributed by atoms with Gasteiger partial charge in [-0.05, 0) is 49.9 Å². The number of benzene rings is 1. The maximum atomic E-state index is 10.5. The lowest BCUT2D eigenvalue weighted by atomic mass is 9.99. The molecule has 0 radical (unpaired) electrons. The molecule has 1 aliphatic heterocycles. The van der Waals surface area contributed by atoms with Gasteiger partial charge in [-0.3, -0.25) is 0 Å². The highest BCUT2D eigenvalue weighted by Crippen LogP contribution is 2.31. The van der Waals surface area contributed by atoms with E-state index in [9.17, 15) is 5.11 Å². The van der Waals surface area contributed by atoms with Crippen molar-refractivity contribution >= 4 is 0 Å². The van der Waals surface area contributed by atoms with Crippen LogP contribution in [0.1, 0.15) is 37.9 Å². The number of piperidine rings is 1. The van der Waals surface area contributed by atoms with Gasteiger partial charge in [0.2, 0.25) is 0 Å². The van der Waals surface area contributed by atoms with Crippen molar-refractivity contribution in [3.05, 3.63) is 23.8 Å². The summed E-state index contributed by atoms with van der Waals surface area (Å²) in [6, 6.07) is 5.56. The van der Waals surface area contributed by atoms with E-state index in [0.717, 1.165) is 49.0 Å². The molecule has 0 saturated carbocycles. The second-order valence-electron chi connectivity index (χ2n) is 5.96. The van der Waals surface area contributed by atoms with Crippen molar-refractivity contribution in [1.29, 1.82) is 0 Å². The summed E-state index contributed by atoms with van der Waals surface area (Å²) < 4.78 is 10.6. The van der Waals surface area contributed by atoms with E-state index >= 15 is 0 Å². The van der Waals surface area contributed by atoms with Gasteiger partial charge in [0.1, 0.15) is 11.5 Å². The fourth-order valence-electron chi connectivity index (χ4n) is 3.05. The molecular formula is C17H27NO3. The quantitative estimate of drug-likeness (QED) is 0.876. The van der Waals surface area contributed by atoms with Gasteiger partial charge >= 0.3 is 0 Å². The molecule has 1 heterocycles. The number of methoxy groups -OCH3 is 2. The van der Waals surface area contributed by atoms with E-state index in [1.807, 2.05) is 18.2 Å². The Labute approximate surface area is 127 Å². The van der Waals surface area contributed by atoms with Gasteiger partial charge in [-0.25, -0.2) is 0 Å². The molecular weight excluding hydrogens is 266 g/mol. The number of likely N-dealkylation sites (tertiary alicyclic amines) is 1. The van der Waals surface area contributed by atoms with E-state index < -0.39 is 6.10 Å². The van der Waals surface area contributed by atoms with Crippen LogP contribution in [0.25, 0.3) is 0 Å². The van der Waals surface area contributed by atoms with Gasteiger partial charge in [0.25, 0.3) is 0 Å². The summed E-state index contributed by atoms with van der Waals surface area (Å²) in [7, 11) is 3.26. The third-order valence-electron chi connectivity index (χ3n) is 4.26. The van der Waals surface area contributed by atoms with E-state index in [-0.39, 0.29) is 0 Å². The number of hydrogen-bond donors (Lipinski definition) is 1. The molecule has 0 amide bonds. The minimum Gasteiger partial charge on any atom is -0.497 e. The summed E-state index contributed by atoms with van der Waals surface area (Å²) >= 11 is 0. The van der Waals surface area contributed by atoms with E-state index in [2.05, 4.69) is 11.8 Å². The van der Waals surface area contributed by atoms with Crippen molar-refractivity contribution < 1.29 is 14.6 Å². The Morgan fingerprint density at radius 1 is 1.33 bits per heavy atom. The van der Waals surface area contributed by atoms with Crippen LogP contribution in [0.2, 0.25) is 0 Å². The van der Waals surface area contributed by atoms with Gasteiger partial charge in [-0.1, -0.05) is 6.92 Å². The van der Waals surface area contributed by atoms with Crippen molar-refractivity contribution in [3.8, 4) is 11.5 Å². The summed E-state index contributed by atoms with van der Waals surface area (Å²) in [4.78, 5) is 2.45. The monoisotopic (exact) mass is 293 g/mol. The smallest absolute Gasteiger partial charge is 0.124 e. The second-order valence-corrected chi connectivity index (χ2v) is 5.96. The zero-order valence-electron chi connectivity index (χ0n) is 13.3. The molecule has 2 atom stereocenters. The lowest BCUT2D eigenvalue weighted by Gasteiger charge is -2.31. The maximum absolute atomic E-state index is 10.5. The van der Waals surface area contributed by atoms with Crippen LogP contribution in [0.3, 0.4) is 0 Å². The molecule has 1 N–H and O–H groups in total. The van der Waals surface area contributed by atoms with Gasteiger partial charge < -0.3 is 19.5 Å². The molecule has 1 aromatic carbocycles. The van der Waals surface area contributed by atoms with E-state index in [4.69, 9.17) is 9.47 Å². The van der Waals surface area contributed by atoms with Crippen LogP contribution in [-0.4, -0.2) is 43.9 Å². The summed E-state index contributed by atoms with van der Waals surface area (Å²) in [6.07, 6.45) is 2.78. The van der Waals surface area contributed by atoms with Crippen LogP contribution in [0.5, 0.6) is 11.5 Å². The topological polar surface area (TPSA) is 41.9 Å². The molecule has 0 aromatic heterocycles. The Morgan fingerprint density at radius 2 is 2.14 bits per heavy atom. The number of hydrogen-bond acceptors (Lipinski definition) is 4. The van der Waals surface area contributed by atoms with Crippen LogP contribution < -0.4 is 9.47 Å². The lowest BCUT2D eigenvalue weighted by molar-refractivity contribution is 0.119. The molecule has 0 aliphatic carbocycles. The molecule has 1 aromatic rings. The first kappa shape index (κ1) is 16.1. The van der Waals surface area contributed by atoms with Crippen LogP contribution in [0.4, 0.5) is 0 Å². The maximum Gasteiger partial charge on any atom is 0.124 e. The zero-order valence-corrected chi connectivity index (χ0v) is 13.3. The predicted molar refractivity (Wildman–Crippen MR) is 84.0 cm³/mol. The van der Waals surface area contributed by atoms with Crippen molar-refractivity contribution in [1.82, 2.24) is 4.90 Å². The van der Waals surface area contributed by atoms with Gasteiger partial charge in [0.05, 0.1) is 20.3 Å². The average molecular weight is 293 g/mol. The van der Waals surface area contributed by atoms with E-state index in [1.165, 1.54) is 12.8 Å². The molecule has 2 unspecified atom stereocenters. The number of aliphatic hydroxyl groups is 1. The normalized spacial score (nSPS) is 21.0. The van der Waals surface area contributed by atoms with Crippen LogP contribution in [-0.2, 0) is 0 Å². The number of nitrogens with zero attached hydrogens (tertiary/aromatic N) is 1. The highest BCUT2D eigenvalue weighted by atomic mass is 16.5. The van der Waals surface area contributed by atoms with Crippen molar-refractivity contribution in [2.75, 3.05) is 33.9 Å². The second kappa shape index (κ2) is 7.66. The minimum absolute atomic E-state index is 0.521. The first-order valence-corrected chi connectivity index (χ1v) is 7.76. The summed E-state index contributed by atoms with van der Waals surface area (Å²) in [5.74, 6) is 2.23. The van der Waals surface area contributed by atoms with E-state index in [1.54, 1.807) is 14.2 Å². The van der Waals surface area contributed by atoms with Crippen molar-refractivity contribution in [3.63, 3.8) is 0 Å². The molecule has 4 heteroatoms. The molecule has 1 saturated heterocycles. The molecule has 118 valence electrons. The largest absolute Gasteiger partial charge is 0.497 e. The zero-order chi connectivity index (χ0) is 15.2. The molecule has 1 aliphatic rings. The molecule has 0 spiro atoms. The highest BCUT2D eigenvalue weighted by Gasteiger charge is 2.19. The molecule has 2 rings (SSSR count). The van der Waals surface area contributed by atoms with Crippen LogP contribution in [0.15, 0.2) is 18.2 Å². The summed E-state index contributed by atoms with van der Waals surface area (Å²) in [5.41, 5.74) is 0.807. The van der Waals surface area contributed by atoms with Crippen LogP contribution >= 0.6 is 0 Å². The van der Waals surface area contributed by atoms with Crippen molar-refractivity contribution in [2.24, 2.45) is 5.92 Å². The highest BCUT2D eigenvalue weighted by molar-refractivity contribution is 5.41. The Morgan fingerprint density at radius 3 is 2.81 bits per heavy atom. The molecule has 0 bridgehead atoms. The minimum atomic E-state index is -0.521. The Kier molecular flexibility index (Phi) is 5.88. The van der Waals surface area contributed by atoms with Crippen LogP contribution in [0, 0.1) is 5.92 Å². The fraction of sp³-hybridized carbons (Fsp3) is 0.647. The summed E-state index contributed by atoms with van der Waals surface area (Å²) in [6.45, 7) is 5.51. The SMILES string of the molecule is COc1ccc(OC)c(C(O)CCN2CCCC(C)C2)c1. The molecule has 1 fully saturated rings. The van der Waals surface area contributed by atoms with Gasteiger partial charge in [-0.2, -0.15) is 0 Å². The van der Waals surface area contributed by atoms with E-state index in [0.29, 0.717) is 0 Å². The first-order valence-electron chi connectivity index (χ1n) is 7.76. The Hall–Kier alpha value is -1.26.